The first-order chi connectivity index (χ1) is 13.2. The minimum absolute atomic E-state index is 0.140. The fourth-order valence-corrected chi connectivity index (χ4v) is 4.37. The third-order valence-corrected chi connectivity index (χ3v) is 6.03. The van der Waals surface area contributed by atoms with Crippen molar-refractivity contribution >= 4 is 5.91 Å². The molecule has 1 aromatic rings. The summed E-state index contributed by atoms with van der Waals surface area (Å²) in [6.07, 6.45) is 4.57. The normalized spacial score (nSPS) is 22.7. The Hall–Kier alpha value is -1.43. The topological polar surface area (TPSA) is 44.8 Å². The number of amides is 1. The van der Waals surface area contributed by atoms with Crippen LogP contribution >= 0.6 is 0 Å². The number of nitrogens with one attached hydrogen (secondary N) is 1. The number of nitrogens with zero attached hydrogens (tertiary/aromatic N) is 2. The Kier molecular flexibility index (Phi) is 7.68. The van der Waals surface area contributed by atoms with Gasteiger partial charge in [-0.05, 0) is 57.8 Å². The van der Waals surface area contributed by atoms with Crippen LogP contribution in [0, 0.1) is 12.8 Å². The Bertz CT molecular complexity index is 582. The summed E-state index contributed by atoms with van der Waals surface area (Å²) >= 11 is 0. The van der Waals surface area contributed by atoms with E-state index in [2.05, 4.69) is 46.3 Å². The summed E-state index contributed by atoms with van der Waals surface area (Å²) in [5, 5.41) is 3.02. The highest BCUT2D eigenvalue weighted by Gasteiger charge is 2.31. The molecule has 2 fully saturated rings. The van der Waals surface area contributed by atoms with Crippen molar-refractivity contribution in [3.8, 4) is 0 Å². The molecule has 2 aliphatic rings. The summed E-state index contributed by atoms with van der Waals surface area (Å²) < 4.78 is 5.02. The van der Waals surface area contributed by atoms with Crippen LogP contribution in [0.5, 0.6) is 0 Å². The molecule has 3 rings (SSSR count). The van der Waals surface area contributed by atoms with E-state index in [-0.39, 0.29) is 11.8 Å². The molecule has 150 valence electrons. The summed E-state index contributed by atoms with van der Waals surface area (Å²) in [6, 6.07) is 9.53. The number of benzene rings is 1. The van der Waals surface area contributed by atoms with Gasteiger partial charge in [0.25, 0.3) is 0 Å². The number of carbonyl (C=O) groups is 1. The molecule has 5 nitrogen and oxygen atoms in total. The van der Waals surface area contributed by atoms with Crippen LogP contribution in [0.3, 0.4) is 0 Å². The Balaban J connectivity index is 1.43. The first kappa shape index (κ1) is 20.3. The number of likely N-dealkylation sites (tertiary alicyclic amines) is 2. The number of methoxy groups -OCH3 is 1. The predicted molar refractivity (Wildman–Crippen MR) is 109 cm³/mol. The van der Waals surface area contributed by atoms with Crippen LogP contribution < -0.4 is 5.32 Å². The monoisotopic (exact) mass is 373 g/mol. The highest BCUT2D eigenvalue weighted by molar-refractivity contribution is 5.78. The van der Waals surface area contributed by atoms with Crippen molar-refractivity contribution in [3.63, 3.8) is 0 Å². The molecule has 1 aromatic carbocycles. The molecule has 0 aliphatic carbocycles. The zero-order valence-electron chi connectivity index (χ0n) is 17.0. The van der Waals surface area contributed by atoms with Gasteiger partial charge in [-0.25, -0.2) is 0 Å². The van der Waals surface area contributed by atoms with E-state index in [1.165, 1.54) is 24.0 Å². The van der Waals surface area contributed by atoms with E-state index in [1.807, 2.05) is 0 Å². The molecule has 0 bridgehead atoms. The van der Waals surface area contributed by atoms with Crippen molar-refractivity contribution in [2.45, 2.75) is 45.2 Å². The first-order valence-electron chi connectivity index (χ1n) is 10.4. The minimum atomic E-state index is 0.140. The van der Waals surface area contributed by atoms with Crippen LogP contribution in [0.4, 0.5) is 0 Å². The van der Waals surface area contributed by atoms with Crippen molar-refractivity contribution in [3.05, 3.63) is 35.4 Å². The van der Waals surface area contributed by atoms with Gasteiger partial charge in [0.2, 0.25) is 5.91 Å². The third-order valence-electron chi connectivity index (χ3n) is 6.03. The van der Waals surface area contributed by atoms with Crippen LogP contribution in [-0.4, -0.2) is 68.2 Å². The Morgan fingerprint density at radius 1 is 1.15 bits per heavy atom. The van der Waals surface area contributed by atoms with Gasteiger partial charge in [-0.2, -0.15) is 0 Å². The fraction of sp³-hybridized carbons (Fsp3) is 0.682. The van der Waals surface area contributed by atoms with E-state index in [4.69, 9.17) is 4.74 Å². The zero-order valence-corrected chi connectivity index (χ0v) is 17.0. The lowest BCUT2D eigenvalue weighted by atomic mass is 9.93. The smallest absolute Gasteiger partial charge is 0.224 e. The second kappa shape index (κ2) is 10.2. The summed E-state index contributed by atoms with van der Waals surface area (Å²) in [7, 11) is 1.67. The van der Waals surface area contributed by atoms with Gasteiger partial charge in [0, 0.05) is 32.8 Å². The number of rotatable bonds is 7. The molecule has 27 heavy (non-hydrogen) atoms. The molecule has 2 saturated heterocycles. The van der Waals surface area contributed by atoms with Crippen LogP contribution in [-0.2, 0) is 16.1 Å². The van der Waals surface area contributed by atoms with Gasteiger partial charge >= 0.3 is 0 Å². The van der Waals surface area contributed by atoms with Crippen LogP contribution in [0.1, 0.15) is 36.8 Å². The molecule has 0 unspecified atom stereocenters. The van der Waals surface area contributed by atoms with Crippen LogP contribution in [0.15, 0.2) is 24.3 Å². The van der Waals surface area contributed by atoms with E-state index >= 15 is 0 Å². The predicted octanol–water partition coefficient (Wildman–Crippen LogP) is 2.43. The Morgan fingerprint density at radius 3 is 2.59 bits per heavy atom. The number of carbonyl (C=O) groups excluding carboxylic acids is 1. The van der Waals surface area contributed by atoms with Gasteiger partial charge < -0.3 is 10.1 Å². The minimum Gasteiger partial charge on any atom is -0.383 e. The second-order valence-electron chi connectivity index (χ2n) is 8.11. The van der Waals surface area contributed by atoms with E-state index in [9.17, 15) is 4.79 Å². The summed E-state index contributed by atoms with van der Waals surface area (Å²) in [5.41, 5.74) is 2.73. The van der Waals surface area contributed by atoms with Crippen LogP contribution in [0.25, 0.3) is 0 Å². The number of piperidine rings is 2. The van der Waals surface area contributed by atoms with Gasteiger partial charge in [-0.3, -0.25) is 14.6 Å². The van der Waals surface area contributed by atoms with Gasteiger partial charge in [-0.1, -0.05) is 29.8 Å². The van der Waals surface area contributed by atoms with E-state index in [1.54, 1.807) is 7.11 Å². The average molecular weight is 374 g/mol. The Morgan fingerprint density at radius 2 is 1.89 bits per heavy atom. The van der Waals surface area contributed by atoms with Crippen molar-refractivity contribution in [2.75, 3.05) is 46.4 Å². The van der Waals surface area contributed by atoms with Gasteiger partial charge in [0.15, 0.2) is 0 Å². The van der Waals surface area contributed by atoms with Gasteiger partial charge in [0.1, 0.15) is 0 Å². The molecule has 0 saturated carbocycles. The zero-order chi connectivity index (χ0) is 19.1. The third kappa shape index (κ3) is 6.03. The first-order valence-corrected chi connectivity index (χ1v) is 10.4. The molecule has 2 aliphatic heterocycles. The van der Waals surface area contributed by atoms with Crippen molar-refractivity contribution in [2.24, 2.45) is 5.92 Å². The maximum Gasteiger partial charge on any atom is 0.224 e. The summed E-state index contributed by atoms with van der Waals surface area (Å²) in [4.78, 5) is 17.5. The van der Waals surface area contributed by atoms with Gasteiger partial charge in [-0.15, -0.1) is 0 Å². The summed E-state index contributed by atoms with van der Waals surface area (Å²) in [5.74, 6) is 0.342. The van der Waals surface area contributed by atoms with Crippen LogP contribution in [0.2, 0.25) is 0 Å². The number of aryl methyl sites for hydroxylation is 1. The molecular formula is C22H35N3O2. The lowest BCUT2D eigenvalue weighted by molar-refractivity contribution is -0.127. The highest BCUT2D eigenvalue weighted by Crippen LogP contribution is 2.24. The number of ether oxygens (including phenoxy) is 1. The maximum absolute atomic E-state index is 12.4. The molecule has 1 N–H and O–H groups in total. The molecule has 0 radical (unpaired) electrons. The maximum atomic E-state index is 12.4. The second-order valence-corrected chi connectivity index (χ2v) is 8.11. The molecular weight excluding hydrogens is 338 g/mol. The van der Waals surface area contributed by atoms with Gasteiger partial charge in [0.05, 0.1) is 12.5 Å². The number of hydrogen-bond donors (Lipinski definition) is 1. The number of hydrogen-bond acceptors (Lipinski definition) is 4. The highest BCUT2D eigenvalue weighted by atomic mass is 16.5. The summed E-state index contributed by atoms with van der Waals surface area (Å²) in [6.45, 7) is 8.76. The largest absolute Gasteiger partial charge is 0.383 e. The molecule has 0 aromatic heterocycles. The molecule has 0 spiro atoms. The standard InChI is InChI=1S/C22H35N3O2/c1-18-5-7-19(8-6-18)16-24-13-9-21(10-14-24)25-12-3-4-20(17-25)22(26)23-11-15-27-2/h5-8,20-21H,3-4,9-17H2,1-2H3,(H,23,26)/t20-/m1/s1. The van der Waals surface area contributed by atoms with E-state index in [0.717, 1.165) is 45.6 Å². The molecule has 1 amide bonds. The SMILES string of the molecule is COCCNC(=O)[C@@H]1CCCN(C2CCN(Cc3ccc(C)cc3)CC2)C1. The van der Waals surface area contributed by atoms with Crippen molar-refractivity contribution in [1.82, 2.24) is 15.1 Å². The van der Waals surface area contributed by atoms with Crippen molar-refractivity contribution < 1.29 is 9.53 Å². The molecule has 5 heteroatoms. The Labute approximate surface area is 164 Å². The molecule has 2 heterocycles. The average Bonchev–Trinajstić information content (AvgIpc) is 2.70. The molecule has 1 atom stereocenters. The fourth-order valence-electron chi connectivity index (χ4n) is 4.37. The van der Waals surface area contributed by atoms with E-state index in [0.29, 0.717) is 19.2 Å². The lowest BCUT2D eigenvalue weighted by Gasteiger charge is -2.42. The van der Waals surface area contributed by atoms with Crippen molar-refractivity contribution in [1.29, 1.82) is 0 Å². The quantitative estimate of drug-likeness (QED) is 0.746. The lowest BCUT2D eigenvalue weighted by Crippen LogP contribution is -2.50. The van der Waals surface area contributed by atoms with E-state index < -0.39 is 0 Å².